The number of carbonyl (C=O) groups is 1. The molecule has 2 aromatic heterocycles. The maximum Gasteiger partial charge on any atom is 0.341 e. The summed E-state index contributed by atoms with van der Waals surface area (Å²) in [6, 6.07) is 12.8. The molecule has 9 nitrogen and oxygen atoms in total. The number of fused-ring (bicyclic) bond motifs is 2. The third kappa shape index (κ3) is 5.64. The van der Waals surface area contributed by atoms with Crippen LogP contribution in [0.1, 0.15) is 60.5 Å². The van der Waals surface area contributed by atoms with Crippen LogP contribution in [0.3, 0.4) is 0 Å². The average molecular weight is 622 g/mol. The quantitative estimate of drug-likeness (QED) is 0.185. The first-order valence-corrected chi connectivity index (χ1v) is 16.7. The van der Waals surface area contributed by atoms with E-state index in [9.17, 15) is 23.1 Å². The molecule has 4 aromatic rings. The molecule has 0 saturated heterocycles. The van der Waals surface area contributed by atoms with Gasteiger partial charge in [-0.15, -0.1) is 11.3 Å². The van der Waals surface area contributed by atoms with Crippen LogP contribution in [0.2, 0.25) is 0 Å². The number of aromatic nitrogens is 1. The molecule has 2 aromatic carbocycles. The van der Waals surface area contributed by atoms with Crippen molar-refractivity contribution in [1.29, 1.82) is 0 Å². The van der Waals surface area contributed by atoms with Crippen molar-refractivity contribution < 1.29 is 23.1 Å². The lowest BCUT2D eigenvalue weighted by atomic mass is 9.88. The highest BCUT2D eigenvalue weighted by Crippen LogP contribution is 2.42. The molecule has 5 rings (SSSR count). The minimum atomic E-state index is -3.81. The number of aliphatic imine (C=N–C) groups is 1. The van der Waals surface area contributed by atoms with Crippen molar-refractivity contribution in [2.45, 2.75) is 51.9 Å². The van der Waals surface area contributed by atoms with Gasteiger partial charge < -0.3 is 9.84 Å². The van der Waals surface area contributed by atoms with Gasteiger partial charge in [-0.05, 0) is 61.9 Å². The lowest BCUT2D eigenvalue weighted by Gasteiger charge is -2.19. The second-order valence-corrected chi connectivity index (χ2v) is 13.5. The van der Waals surface area contributed by atoms with E-state index in [1.807, 2.05) is 0 Å². The molecule has 0 amide bonds. The number of esters is 1. The lowest BCUT2D eigenvalue weighted by molar-refractivity contribution is 0.0526. The zero-order chi connectivity index (χ0) is 30.9. The summed E-state index contributed by atoms with van der Waals surface area (Å²) in [5, 5.41) is 12.9. The molecule has 2 heterocycles. The number of pyridine rings is 1. The Morgan fingerprint density at radius 3 is 2.56 bits per heavy atom. The van der Waals surface area contributed by atoms with E-state index in [4.69, 9.17) is 9.73 Å². The third-order valence-corrected chi connectivity index (χ3v) is 11.0. The summed E-state index contributed by atoms with van der Waals surface area (Å²) in [5.74, 6) is -0.319. The van der Waals surface area contributed by atoms with Gasteiger partial charge in [0.25, 0.3) is 5.56 Å². The van der Waals surface area contributed by atoms with Crippen molar-refractivity contribution >= 4 is 49.3 Å². The van der Waals surface area contributed by atoms with Crippen molar-refractivity contribution in [2.75, 3.05) is 19.7 Å². The summed E-state index contributed by atoms with van der Waals surface area (Å²) >= 11 is 1.45. The zero-order valence-electron chi connectivity index (χ0n) is 24.7. The van der Waals surface area contributed by atoms with Gasteiger partial charge in [0.2, 0.25) is 15.9 Å². The Kier molecular flexibility index (Phi) is 8.86. The Morgan fingerprint density at radius 1 is 1.14 bits per heavy atom. The van der Waals surface area contributed by atoms with Crippen LogP contribution in [-0.2, 0) is 27.6 Å². The van der Waals surface area contributed by atoms with Crippen molar-refractivity contribution in [2.24, 2.45) is 10.9 Å². The lowest BCUT2D eigenvalue weighted by Crippen LogP contribution is -2.30. The fourth-order valence-electron chi connectivity index (χ4n) is 5.59. The SMILES string of the molecule is CCOC(=O)c1c(/N=C/c2c(O)n(-c3cccc(S(=O)(=O)N(CC)CC)c3)c(=O)c3ccccc23)sc2c1CCC(C)C2. The molecule has 0 bridgehead atoms. The standard InChI is InChI=1S/C32H35N3O6S2/c1-5-34(6-2)43(39,40)22-12-10-11-21(18-22)35-30(36)24-14-9-8-13-23(24)26(31(35)37)19-33-29-28(32(38)41-7-3)25-16-15-20(4)17-27(25)42-29/h8-14,18-20,37H,5-7,15-17H2,1-4H3/b33-19+. The molecular weight excluding hydrogens is 587 g/mol. The molecule has 1 aliphatic rings. The second kappa shape index (κ2) is 12.4. The maximum absolute atomic E-state index is 13.7. The number of sulfonamides is 1. The summed E-state index contributed by atoms with van der Waals surface area (Å²) in [6.45, 7) is 8.29. The Bertz CT molecular complexity index is 1890. The molecule has 0 radical (unpaired) electrons. The van der Waals surface area contributed by atoms with E-state index in [0.717, 1.165) is 34.3 Å². The van der Waals surface area contributed by atoms with E-state index in [1.165, 1.54) is 34.0 Å². The number of hydrogen-bond donors (Lipinski definition) is 1. The minimum Gasteiger partial charge on any atom is -0.494 e. The van der Waals surface area contributed by atoms with Crippen LogP contribution >= 0.6 is 11.3 Å². The van der Waals surface area contributed by atoms with Crippen LogP contribution in [0.25, 0.3) is 16.5 Å². The predicted octanol–water partition coefficient (Wildman–Crippen LogP) is 5.84. The number of thiophene rings is 1. The summed E-state index contributed by atoms with van der Waals surface area (Å²) in [6.07, 6.45) is 4.06. The highest BCUT2D eigenvalue weighted by Gasteiger charge is 2.29. The molecule has 0 saturated carbocycles. The zero-order valence-corrected chi connectivity index (χ0v) is 26.3. The summed E-state index contributed by atoms with van der Waals surface area (Å²) < 4.78 is 34.3. The molecule has 1 atom stereocenters. The monoisotopic (exact) mass is 621 g/mol. The van der Waals surface area contributed by atoms with Crippen LogP contribution in [0, 0.1) is 5.92 Å². The van der Waals surface area contributed by atoms with Crippen molar-refractivity contribution in [3.8, 4) is 11.6 Å². The number of rotatable bonds is 9. The van der Waals surface area contributed by atoms with Gasteiger partial charge in [-0.3, -0.25) is 4.79 Å². The fourth-order valence-corrected chi connectivity index (χ4v) is 8.43. The molecule has 226 valence electrons. The molecule has 1 aliphatic carbocycles. The van der Waals surface area contributed by atoms with Crippen molar-refractivity contribution in [3.05, 3.63) is 80.5 Å². The molecule has 0 fully saturated rings. The van der Waals surface area contributed by atoms with Gasteiger partial charge in [-0.2, -0.15) is 4.31 Å². The van der Waals surface area contributed by atoms with Gasteiger partial charge in [-0.1, -0.05) is 45.0 Å². The molecule has 1 N–H and O–H groups in total. The van der Waals surface area contributed by atoms with Crippen molar-refractivity contribution in [1.82, 2.24) is 8.87 Å². The minimum absolute atomic E-state index is 0.0147. The topological polar surface area (TPSA) is 118 Å². The molecule has 0 spiro atoms. The van der Waals surface area contributed by atoms with E-state index in [0.29, 0.717) is 40.3 Å². The number of ether oxygens (including phenoxy) is 1. The Balaban J connectivity index is 1.69. The molecule has 43 heavy (non-hydrogen) atoms. The van der Waals surface area contributed by atoms with E-state index < -0.39 is 27.4 Å². The van der Waals surface area contributed by atoms with E-state index in [-0.39, 0.29) is 22.8 Å². The largest absolute Gasteiger partial charge is 0.494 e. The molecular formula is C32H35N3O6S2. The molecule has 1 unspecified atom stereocenters. The highest BCUT2D eigenvalue weighted by atomic mass is 32.2. The number of carbonyl (C=O) groups excluding carboxylic acids is 1. The van der Waals surface area contributed by atoms with Crippen LogP contribution in [0.5, 0.6) is 5.88 Å². The van der Waals surface area contributed by atoms with Gasteiger partial charge in [0.05, 0.1) is 28.3 Å². The Labute approximate surface area is 255 Å². The first-order valence-electron chi connectivity index (χ1n) is 14.4. The smallest absolute Gasteiger partial charge is 0.341 e. The number of hydrogen-bond acceptors (Lipinski definition) is 8. The maximum atomic E-state index is 13.7. The van der Waals surface area contributed by atoms with Gasteiger partial charge in [0.15, 0.2) is 0 Å². The first-order chi connectivity index (χ1) is 20.6. The predicted molar refractivity (Wildman–Crippen MR) is 170 cm³/mol. The van der Waals surface area contributed by atoms with E-state index in [2.05, 4.69) is 6.92 Å². The average Bonchev–Trinajstić information content (AvgIpc) is 3.35. The van der Waals surface area contributed by atoms with Crippen LogP contribution in [-0.4, -0.2) is 54.3 Å². The summed E-state index contributed by atoms with van der Waals surface area (Å²) in [5.41, 5.74) is 1.39. The summed E-state index contributed by atoms with van der Waals surface area (Å²) in [4.78, 5) is 32.6. The molecule has 11 heteroatoms. The fraction of sp³-hybridized carbons (Fsp3) is 0.344. The Hall–Kier alpha value is -3.80. The van der Waals surface area contributed by atoms with E-state index in [1.54, 1.807) is 57.2 Å². The van der Waals surface area contributed by atoms with Gasteiger partial charge in [-0.25, -0.2) is 22.8 Å². The molecule has 0 aliphatic heterocycles. The van der Waals surface area contributed by atoms with Crippen molar-refractivity contribution in [3.63, 3.8) is 0 Å². The van der Waals surface area contributed by atoms with Crippen LogP contribution < -0.4 is 5.56 Å². The Morgan fingerprint density at radius 2 is 1.86 bits per heavy atom. The highest BCUT2D eigenvalue weighted by molar-refractivity contribution is 7.89. The number of benzene rings is 2. The number of aromatic hydroxyl groups is 1. The van der Waals surface area contributed by atoms with E-state index >= 15 is 0 Å². The van der Waals surface area contributed by atoms with Gasteiger partial charge >= 0.3 is 5.97 Å². The van der Waals surface area contributed by atoms with Gasteiger partial charge in [0.1, 0.15) is 5.00 Å². The second-order valence-electron chi connectivity index (χ2n) is 10.5. The third-order valence-electron chi connectivity index (χ3n) is 7.81. The van der Waals surface area contributed by atoms with Crippen LogP contribution in [0.4, 0.5) is 5.00 Å². The van der Waals surface area contributed by atoms with Gasteiger partial charge in [0, 0.05) is 35.0 Å². The first kappa shape index (κ1) is 30.7. The summed E-state index contributed by atoms with van der Waals surface area (Å²) in [7, 11) is -3.81. The van der Waals surface area contributed by atoms with Crippen LogP contribution in [0.15, 0.2) is 63.2 Å². The normalized spacial score (nSPS) is 15.3. The number of nitrogens with zero attached hydrogens (tertiary/aromatic N) is 3.